The highest BCUT2D eigenvalue weighted by molar-refractivity contribution is 6.46. The van der Waals surface area contributed by atoms with Crippen molar-refractivity contribution in [1.29, 1.82) is 0 Å². The lowest BCUT2D eigenvalue weighted by Gasteiger charge is -2.25. The number of ketones is 1. The van der Waals surface area contributed by atoms with Crippen molar-refractivity contribution in [3.05, 3.63) is 71.3 Å². The molecule has 1 N–H and O–H groups in total. The molecule has 1 heterocycles. The van der Waals surface area contributed by atoms with Crippen molar-refractivity contribution in [2.24, 2.45) is 0 Å². The minimum absolute atomic E-state index is 0.0164. The first-order valence-corrected chi connectivity index (χ1v) is 9.05. The van der Waals surface area contributed by atoms with E-state index in [2.05, 4.69) is 0 Å². The highest BCUT2D eigenvalue weighted by atomic mass is 16.5. The van der Waals surface area contributed by atoms with Crippen molar-refractivity contribution in [3.63, 3.8) is 0 Å². The van der Waals surface area contributed by atoms with Gasteiger partial charge in [0.25, 0.3) is 11.7 Å². The predicted octanol–water partition coefficient (Wildman–Crippen LogP) is 2.68. The molecular formula is C22H21NO6. The summed E-state index contributed by atoms with van der Waals surface area (Å²) in [6.45, 7) is 1.67. The van der Waals surface area contributed by atoms with E-state index < -0.39 is 23.7 Å². The Kier molecular flexibility index (Phi) is 6.09. The van der Waals surface area contributed by atoms with Gasteiger partial charge in [-0.15, -0.1) is 0 Å². The number of aliphatic hydroxyl groups excluding tert-OH is 1. The van der Waals surface area contributed by atoms with Gasteiger partial charge >= 0.3 is 5.97 Å². The van der Waals surface area contributed by atoms with Crippen molar-refractivity contribution in [3.8, 4) is 5.75 Å². The number of rotatable bonds is 6. The SMILES string of the molecule is COCCN1C(=O)C(=O)/C(=C(\O)c2ccccc2)C1c1cccc(OC(C)=O)c1. The Hall–Kier alpha value is -3.45. The van der Waals surface area contributed by atoms with Gasteiger partial charge in [-0.05, 0) is 17.7 Å². The van der Waals surface area contributed by atoms with E-state index in [0.29, 0.717) is 11.1 Å². The van der Waals surface area contributed by atoms with Gasteiger partial charge < -0.3 is 19.5 Å². The van der Waals surface area contributed by atoms with Crippen LogP contribution < -0.4 is 4.74 Å². The van der Waals surface area contributed by atoms with Crippen LogP contribution in [0.25, 0.3) is 5.76 Å². The summed E-state index contributed by atoms with van der Waals surface area (Å²) < 4.78 is 10.2. The number of amides is 1. The van der Waals surface area contributed by atoms with Crippen LogP contribution in [-0.4, -0.2) is 47.9 Å². The topological polar surface area (TPSA) is 93.1 Å². The number of ether oxygens (including phenoxy) is 2. The van der Waals surface area contributed by atoms with Crippen LogP contribution >= 0.6 is 0 Å². The second-order valence-electron chi connectivity index (χ2n) is 6.52. The van der Waals surface area contributed by atoms with Gasteiger partial charge in [0, 0.05) is 26.1 Å². The molecule has 150 valence electrons. The second kappa shape index (κ2) is 8.70. The first-order valence-electron chi connectivity index (χ1n) is 9.05. The first kappa shape index (κ1) is 20.3. The molecule has 1 fully saturated rings. The van der Waals surface area contributed by atoms with E-state index in [4.69, 9.17) is 9.47 Å². The van der Waals surface area contributed by atoms with Crippen molar-refractivity contribution in [1.82, 2.24) is 4.90 Å². The summed E-state index contributed by atoms with van der Waals surface area (Å²) in [7, 11) is 1.50. The molecule has 1 amide bonds. The van der Waals surface area contributed by atoms with E-state index >= 15 is 0 Å². The lowest BCUT2D eigenvalue weighted by Crippen LogP contribution is -2.32. The van der Waals surface area contributed by atoms with Crippen LogP contribution in [0.2, 0.25) is 0 Å². The highest BCUT2D eigenvalue weighted by Crippen LogP contribution is 2.40. The van der Waals surface area contributed by atoms with Gasteiger partial charge in [0.05, 0.1) is 18.2 Å². The third-order valence-corrected chi connectivity index (χ3v) is 4.56. The van der Waals surface area contributed by atoms with Crippen LogP contribution in [0.4, 0.5) is 0 Å². The zero-order valence-electron chi connectivity index (χ0n) is 16.1. The minimum Gasteiger partial charge on any atom is -0.507 e. The molecule has 1 aliphatic heterocycles. The van der Waals surface area contributed by atoms with E-state index in [-0.39, 0.29) is 30.2 Å². The molecule has 0 spiro atoms. The van der Waals surface area contributed by atoms with Gasteiger partial charge in [0.1, 0.15) is 11.5 Å². The molecule has 1 saturated heterocycles. The molecule has 0 saturated carbocycles. The fraction of sp³-hybridized carbons (Fsp3) is 0.227. The molecule has 1 atom stereocenters. The quantitative estimate of drug-likeness (QED) is 0.266. The molecule has 2 aromatic carbocycles. The Morgan fingerprint density at radius 1 is 1.10 bits per heavy atom. The number of methoxy groups -OCH3 is 1. The van der Waals surface area contributed by atoms with Crippen LogP contribution in [0.15, 0.2) is 60.2 Å². The van der Waals surface area contributed by atoms with E-state index in [9.17, 15) is 19.5 Å². The first-order chi connectivity index (χ1) is 13.9. The van der Waals surface area contributed by atoms with E-state index in [1.165, 1.54) is 18.9 Å². The molecule has 29 heavy (non-hydrogen) atoms. The Morgan fingerprint density at radius 3 is 2.48 bits per heavy atom. The number of likely N-dealkylation sites (tertiary alicyclic amines) is 1. The third-order valence-electron chi connectivity index (χ3n) is 4.56. The van der Waals surface area contributed by atoms with Crippen molar-refractivity contribution in [2.75, 3.05) is 20.3 Å². The van der Waals surface area contributed by atoms with E-state index in [0.717, 1.165) is 0 Å². The number of esters is 1. The number of benzene rings is 2. The molecule has 2 aromatic rings. The zero-order chi connectivity index (χ0) is 21.0. The normalized spacial score (nSPS) is 18.1. The lowest BCUT2D eigenvalue weighted by atomic mass is 9.95. The summed E-state index contributed by atoms with van der Waals surface area (Å²) in [5.41, 5.74) is 0.951. The second-order valence-corrected chi connectivity index (χ2v) is 6.52. The summed E-state index contributed by atoms with van der Waals surface area (Å²) in [4.78, 5) is 38.2. The molecule has 1 unspecified atom stereocenters. The van der Waals surface area contributed by atoms with Gasteiger partial charge in [0.2, 0.25) is 0 Å². The van der Waals surface area contributed by atoms with Gasteiger partial charge in [-0.25, -0.2) is 0 Å². The maximum Gasteiger partial charge on any atom is 0.308 e. The van der Waals surface area contributed by atoms with Crippen LogP contribution in [-0.2, 0) is 19.1 Å². The Morgan fingerprint density at radius 2 is 1.83 bits per heavy atom. The summed E-state index contributed by atoms with van der Waals surface area (Å²) in [5, 5.41) is 10.9. The number of hydrogen-bond acceptors (Lipinski definition) is 6. The maximum atomic E-state index is 12.8. The fourth-order valence-corrected chi connectivity index (χ4v) is 3.31. The van der Waals surface area contributed by atoms with Crippen molar-refractivity contribution < 1.29 is 29.0 Å². The predicted molar refractivity (Wildman–Crippen MR) is 105 cm³/mol. The number of hydrogen-bond donors (Lipinski definition) is 1. The summed E-state index contributed by atoms with van der Waals surface area (Å²) in [6, 6.07) is 14.3. The van der Waals surface area contributed by atoms with Crippen molar-refractivity contribution in [2.45, 2.75) is 13.0 Å². The molecule has 7 nitrogen and oxygen atoms in total. The monoisotopic (exact) mass is 395 g/mol. The molecule has 3 rings (SSSR count). The number of carbonyl (C=O) groups is 3. The minimum atomic E-state index is -0.833. The Labute approximate surface area is 168 Å². The van der Waals surface area contributed by atoms with Gasteiger partial charge in [0.15, 0.2) is 0 Å². The number of carbonyl (C=O) groups excluding carboxylic acids is 3. The smallest absolute Gasteiger partial charge is 0.308 e. The summed E-state index contributed by atoms with van der Waals surface area (Å²) in [6.07, 6.45) is 0. The molecule has 1 aliphatic rings. The standard InChI is InChI=1S/C22H21NO6/c1-14(24)29-17-10-6-9-16(13-17)19-18(20(25)15-7-4-3-5-8-15)21(26)22(27)23(19)11-12-28-2/h3-10,13,19,25H,11-12H2,1-2H3/b20-18-. The van der Waals surface area contributed by atoms with Crippen molar-refractivity contribution >= 4 is 23.4 Å². The molecule has 0 bridgehead atoms. The van der Waals surface area contributed by atoms with Gasteiger partial charge in [-0.3, -0.25) is 14.4 Å². The summed E-state index contributed by atoms with van der Waals surface area (Å²) in [5.74, 6) is -1.95. The number of Topliss-reactive ketones (excluding diaryl/α,β-unsaturated/α-hetero) is 1. The average Bonchev–Trinajstić information content (AvgIpc) is 2.96. The fourth-order valence-electron chi connectivity index (χ4n) is 3.31. The number of aliphatic hydroxyl groups is 1. The van der Waals surface area contributed by atoms with Gasteiger partial charge in [-0.1, -0.05) is 42.5 Å². The largest absolute Gasteiger partial charge is 0.507 e. The molecule has 7 heteroatoms. The number of nitrogens with zero attached hydrogens (tertiary/aromatic N) is 1. The van der Waals surface area contributed by atoms with Crippen LogP contribution in [0, 0.1) is 0 Å². The van der Waals surface area contributed by atoms with Crippen LogP contribution in [0.3, 0.4) is 0 Å². The lowest BCUT2D eigenvalue weighted by molar-refractivity contribution is -0.140. The Bertz CT molecular complexity index is 966. The third kappa shape index (κ3) is 4.20. The maximum absolute atomic E-state index is 12.8. The van der Waals surface area contributed by atoms with Crippen LogP contribution in [0.1, 0.15) is 24.1 Å². The zero-order valence-corrected chi connectivity index (χ0v) is 16.1. The van der Waals surface area contributed by atoms with Crippen LogP contribution in [0.5, 0.6) is 5.75 Å². The Balaban J connectivity index is 2.14. The highest BCUT2D eigenvalue weighted by Gasteiger charge is 2.45. The van der Waals surface area contributed by atoms with Gasteiger partial charge in [-0.2, -0.15) is 0 Å². The summed E-state index contributed by atoms with van der Waals surface area (Å²) >= 11 is 0. The van der Waals surface area contributed by atoms with E-state index in [1.54, 1.807) is 54.6 Å². The van der Waals surface area contributed by atoms with E-state index in [1.807, 2.05) is 0 Å². The molecule has 0 radical (unpaired) electrons. The molecule has 0 aliphatic carbocycles. The average molecular weight is 395 g/mol. The molecule has 0 aromatic heterocycles. The molecular weight excluding hydrogens is 374 g/mol.